The first-order valence-corrected chi connectivity index (χ1v) is 5.92. The van der Waals surface area contributed by atoms with Crippen LogP contribution in [0.3, 0.4) is 0 Å². The van der Waals surface area contributed by atoms with E-state index in [4.69, 9.17) is 11.6 Å². The summed E-state index contributed by atoms with van der Waals surface area (Å²) in [5.74, 6) is -2.24. The largest absolute Gasteiger partial charge is 0.550 e. The molecule has 1 aromatic carbocycles. The Morgan fingerprint density at radius 3 is 2.42 bits per heavy atom. The molecule has 0 bridgehead atoms. The van der Waals surface area contributed by atoms with E-state index in [-0.39, 0.29) is 29.8 Å². The van der Waals surface area contributed by atoms with Crippen LogP contribution in [0, 0.1) is 0 Å². The molecule has 1 rings (SSSR count). The van der Waals surface area contributed by atoms with Crippen molar-refractivity contribution in [2.45, 2.75) is 19.3 Å². The van der Waals surface area contributed by atoms with Gasteiger partial charge in [-0.2, -0.15) is 0 Å². The van der Waals surface area contributed by atoms with Gasteiger partial charge in [0.05, 0.1) is 10.6 Å². The van der Waals surface area contributed by atoms with Gasteiger partial charge in [0.15, 0.2) is 0 Å². The number of carbonyl (C=O) groups is 3. The summed E-state index contributed by atoms with van der Waals surface area (Å²) in [4.78, 5) is 33.1. The molecular weight excluding hydrogens is 272 g/mol. The molecule has 0 saturated carbocycles. The molecule has 0 aliphatic rings. The fraction of sp³-hybridized carbons (Fsp3) is 0.250. The molecule has 0 saturated heterocycles. The maximum Gasteiger partial charge on any atom is 0.271 e. The average Bonchev–Trinajstić information content (AvgIpc) is 2.36. The molecule has 0 fully saturated rings. The molecule has 19 heavy (non-hydrogen) atoms. The minimum Gasteiger partial charge on any atom is -0.550 e. The minimum absolute atomic E-state index is 0.0171. The van der Waals surface area contributed by atoms with E-state index in [1.807, 2.05) is 0 Å². The van der Waals surface area contributed by atoms with Crippen molar-refractivity contribution in [1.82, 2.24) is 10.9 Å². The van der Waals surface area contributed by atoms with Gasteiger partial charge in [0.1, 0.15) is 0 Å². The molecule has 102 valence electrons. The van der Waals surface area contributed by atoms with Crippen LogP contribution in [0.5, 0.6) is 0 Å². The summed E-state index contributed by atoms with van der Waals surface area (Å²) < 4.78 is 0. The van der Waals surface area contributed by atoms with Crippen LogP contribution in [0.2, 0.25) is 5.02 Å². The second kappa shape index (κ2) is 7.38. The fourth-order valence-corrected chi connectivity index (χ4v) is 1.52. The first kappa shape index (κ1) is 15.0. The number of aliphatic carboxylic acids is 1. The topological polar surface area (TPSA) is 98.3 Å². The Morgan fingerprint density at radius 2 is 1.79 bits per heavy atom. The number of carboxylic acid groups (broad SMARTS) is 1. The van der Waals surface area contributed by atoms with Crippen molar-refractivity contribution in [2.75, 3.05) is 0 Å². The summed E-state index contributed by atoms with van der Waals surface area (Å²) in [7, 11) is 0. The standard InChI is InChI=1S/C12H13ClN2O4/c13-9-5-2-1-4-8(9)12(19)15-14-10(16)6-3-7-11(17)18/h1-2,4-5H,3,6-7H2,(H,14,16)(H,15,19)(H,17,18)/p-1. The first-order valence-electron chi connectivity index (χ1n) is 5.54. The predicted octanol–water partition coefficient (Wildman–Crippen LogP) is 0.0212. The third kappa shape index (κ3) is 5.39. The van der Waals surface area contributed by atoms with Crippen LogP contribution in [0.25, 0.3) is 0 Å². The molecule has 2 N–H and O–H groups in total. The van der Waals surface area contributed by atoms with E-state index in [2.05, 4.69) is 10.9 Å². The number of halogens is 1. The Bertz CT molecular complexity index is 490. The average molecular weight is 284 g/mol. The molecule has 0 aliphatic carbocycles. The number of benzene rings is 1. The lowest BCUT2D eigenvalue weighted by Gasteiger charge is -2.08. The van der Waals surface area contributed by atoms with Gasteiger partial charge >= 0.3 is 0 Å². The Balaban J connectivity index is 2.36. The van der Waals surface area contributed by atoms with Crippen LogP contribution in [0.4, 0.5) is 0 Å². The highest BCUT2D eigenvalue weighted by molar-refractivity contribution is 6.33. The van der Waals surface area contributed by atoms with Gasteiger partial charge in [-0.25, -0.2) is 0 Å². The highest BCUT2D eigenvalue weighted by atomic mass is 35.5. The SMILES string of the molecule is O=C([O-])CCCC(=O)NNC(=O)c1ccccc1Cl. The summed E-state index contributed by atoms with van der Waals surface area (Å²) in [6, 6.07) is 6.39. The summed E-state index contributed by atoms with van der Waals surface area (Å²) in [5, 5.41) is 10.4. The Kier molecular flexibility index (Phi) is 5.81. The Labute approximate surface area is 114 Å². The highest BCUT2D eigenvalue weighted by Crippen LogP contribution is 2.13. The summed E-state index contributed by atoms with van der Waals surface area (Å²) in [6.07, 6.45) is -0.0706. The molecule has 0 radical (unpaired) electrons. The van der Waals surface area contributed by atoms with Gasteiger partial charge < -0.3 is 9.90 Å². The number of hydrogen-bond acceptors (Lipinski definition) is 4. The van der Waals surface area contributed by atoms with Gasteiger partial charge in [0.2, 0.25) is 5.91 Å². The van der Waals surface area contributed by atoms with Crippen LogP contribution >= 0.6 is 11.6 Å². The number of hydrogen-bond donors (Lipinski definition) is 2. The van der Waals surface area contributed by atoms with E-state index in [0.717, 1.165) is 0 Å². The van der Waals surface area contributed by atoms with E-state index in [1.165, 1.54) is 6.07 Å². The Morgan fingerprint density at radius 1 is 1.11 bits per heavy atom. The van der Waals surface area contributed by atoms with Crippen molar-refractivity contribution in [1.29, 1.82) is 0 Å². The molecule has 0 unspecified atom stereocenters. The molecule has 0 aliphatic heterocycles. The monoisotopic (exact) mass is 283 g/mol. The van der Waals surface area contributed by atoms with Gasteiger partial charge in [0.25, 0.3) is 5.91 Å². The van der Waals surface area contributed by atoms with E-state index >= 15 is 0 Å². The van der Waals surface area contributed by atoms with Crippen molar-refractivity contribution in [3.63, 3.8) is 0 Å². The van der Waals surface area contributed by atoms with Gasteiger partial charge in [0, 0.05) is 12.4 Å². The zero-order chi connectivity index (χ0) is 14.3. The molecule has 0 heterocycles. The maximum absolute atomic E-state index is 11.6. The van der Waals surface area contributed by atoms with Crippen LogP contribution in [0.1, 0.15) is 29.6 Å². The van der Waals surface area contributed by atoms with E-state index in [0.29, 0.717) is 0 Å². The number of nitrogens with one attached hydrogen (secondary N) is 2. The fourth-order valence-electron chi connectivity index (χ4n) is 1.29. The summed E-state index contributed by atoms with van der Waals surface area (Å²) in [5.41, 5.74) is 4.60. The Hall–Kier alpha value is -2.08. The van der Waals surface area contributed by atoms with Crippen LogP contribution in [-0.2, 0) is 9.59 Å². The lowest BCUT2D eigenvalue weighted by atomic mass is 10.2. The zero-order valence-corrected chi connectivity index (χ0v) is 10.7. The molecule has 7 heteroatoms. The summed E-state index contributed by atoms with van der Waals surface area (Å²) in [6.45, 7) is 0. The quantitative estimate of drug-likeness (QED) is 0.744. The molecule has 6 nitrogen and oxygen atoms in total. The van der Waals surface area contributed by atoms with E-state index in [1.54, 1.807) is 18.2 Å². The first-order chi connectivity index (χ1) is 9.00. The van der Waals surface area contributed by atoms with Crippen molar-refractivity contribution in [2.24, 2.45) is 0 Å². The van der Waals surface area contributed by atoms with Crippen molar-refractivity contribution < 1.29 is 19.5 Å². The van der Waals surface area contributed by atoms with Crippen molar-refractivity contribution in [3.05, 3.63) is 34.9 Å². The number of hydrazine groups is 1. The van der Waals surface area contributed by atoms with Crippen molar-refractivity contribution >= 4 is 29.4 Å². The second-order valence-corrected chi connectivity index (χ2v) is 4.11. The van der Waals surface area contributed by atoms with Gasteiger partial charge in [-0.1, -0.05) is 23.7 Å². The smallest absolute Gasteiger partial charge is 0.271 e. The lowest BCUT2D eigenvalue weighted by Crippen LogP contribution is -2.41. The number of rotatable bonds is 5. The number of amides is 2. The minimum atomic E-state index is -1.21. The number of carbonyl (C=O) groups excluding carboxylic acids is 3. The van der Waals surface area contributed by atoms with Crippen LogP contribution < -0.4 is 16.0 Å². The van der Waals surface area contributed by atoms with Gasteiger partial charge in [-0.05, 0) is 25.0 Å². The van der Waals surface area contributed by atoms with E-state index < -0.39 is 17.8 Å². The van der Waals surface area contributed by atoms with E-state index in [9.17, 15) is 19.5 Å². The molecular formula is C12H12ClN2O4-. The van der Waals surface area contributed by atoms with Crippen LogP contribution in [-0.4, -0.2) is 17.8 Å². The van der Waals surface area contributed by atoms with Crippen LogP contribution in [0.15, 0.2) is 24.3 Å². The molecule has 0 spiro atoms. The normalized spacial score (nSPS) is 9.74. The van der Waals surface area contributed by atoms with Crippen molar-refractivity contribution in [3.8, 4) is 0 Å². The maximum atomic E-state index is 11.6. The third-order valence-corrected chi connectivity index (χ3v) is 2.55. The highest BCUT2D eigenvalue weighted by Gasteiger charge is 2.10. The van der Waals surface area contributed by atoms with Gasteiger partial charge in [-0.15, -0.1) is 0 Å². The molecule has 2 amide bonds. The lowest BCUT2D eigenvalue weighted by molar-refractivity contribution is -0.305. The molecule has 0 atom stereocenters. The zero-order valence-electron chi connectivity index (χ0n) is 9.94. The number of carboxylic acids is 1. The summed E-state index contributed by atoms with van der Waals surface area (Å²) >= 11 is 5.81. The molecule has 0 aromatic heterocycles. The molecule has 1 aromatic rings. The predicted molar refractivity (Wildman–Crippen MR) is 65.9 cm³/mol. The second-order valence-electron chi connectivity index (χ2n) is 3.71. The third-order valence-electron chi connectivity index (χ3n) is 2.22. The van der Waals surface area contributed by atoms with Gasteiger partial charge in [-0.3, -0.25) is 20.4 Å².